The Morgan fingerprint density at radius 3 is 2.48 bits per heavy atom. The zero-order valence-electron chi connectivity index (χ0n) is 17.3. The van der Waals surface area contributed by atoms with Crippen LogP contribution in [0.5, 0.6) is 5.75 Å². The molecule has 1 heterocycles. The van der Waals surface area contributed by atoms with E-state index in [0.717, 1.165) is 23.9 Å². The maximum Gasteiger partial charge on any atom is 0.326 e. The Morgan fingerprint density at radius 2 is 1.89 bits per heavy atom. The first-order valence-electron chi connectivity index (χ1n) is 9.57. The number of nitrogens with two attached hydrogens (primary N) is 1. The number of benzene rings is 1. The first-order chi connectivity index (χ1) is 12.7. The predicted molar refractivity (Wildman–Crippen MR) is 109 cm³/mol. The van der Waals surface area contributed by atoms with Gasteiger partial charge in [-0.2, -0.15) is 0 Å². The van der Waals surface area contributed by atoms with Gasteiger partial charge in [-0.1, -0.05) is 33.8 Å². The summed E-state index contributed by atoms with van der Waals surface area (Å²) in [6.07, 6.45) is 2.23. The second-order valence-electron chi connectivity index (χ2n) is 7.98. The fourth-order valence-electron chi connectivity index (χ4n) is 2.75. The maximum absolute atomic E-state index is 12.3. The van der Waals surface area contributed by atoms with Crippen molar-refractivity contribution in [3.05, 3.63) is 30.0 Å². The van der Waals surface area contributed by atoms with E-state index in [0.29, 0.717) is 5.75 Å². The smallest absolute Gasteiger partial charge is 0.326 e. The van der Waals surface area contributed by atoms with Gasteiger partial charge >= 0.3 is 5.97 Å². The highest BCUT2D eigenvalue weighted by Crippen LogP contribution is 2.31. The second-order valence-corrected chi connectivity index (χ2v) is 7.98. The maximum atomic E-state index is 12.3. The van der Waals surface area contributed by atoms with E-state index in [1.807, 2.05) is 52.1 Å². The van der Waals surface area contributed by atoms with Crippen LogP contribution in [0.3, 0.4) is 0 Å². The van der Waals surface area contributed by atoms with E-state index in [9.17, 15) is 4.79 Å². The van der Waals surface area contributed by atoms with E-state index in [4.69, 9.17) is 15.2 Å². The van der Waals surface area contributed by atoms with Gasteiger partial charge in [-0.15, -0.1) is 0 Å². The highest BCUT2D eigenvalue weighted by Gasteiger charge is 2.26. The Kier molecular flexibility index (Phi) is 7.27. The van der Waals surface area contributed by atoms with Crippen LogP contribution in [0.15, 0.2) is 24.4 Å². The molecule has 27 heavy (non-hydrogen) atoms. The normalized spacial score (nSPS) is 14.1. The first-order valence-corrected chi connectivity index (χ1v) is 9.57. The lowest BCUT2D eigenvalue weighted by Crippen LogP contribution is -2.41. The van der Waals surface area contributed by atoms with E-state index in [-0.39, 0.29) is 11.8 Å². The number of carbonyl (C=O) groups excluding carboxylic acids is 1. The van der Waals surface area contributed by atoms with Crippen LogP contribution < -0.4 is 10.5 Å². The van der Waals surface area contributed by atoms with Crippen LogP contribution >= 0.6 is 0 Å². The molecule has 0 amide bonds. The lowest BCUT2D eigenvalue weighted by molar-refractivity contribution is -0.172. The number of rotatable bonds is 9. The Bertz CT molecular complexity index is 752. The van der Waals surface area contributed by atoms with Crippen LogP contribution in [0.25, 0.3) is 10.9 Å². The second kappa shape index (κ2) is 9.24. The molecule has 6 heteroatoms. The van der Waals surface area contributed by atoms with E-state index in [1.165, 1.54) is 5.56 Å². The van der Waals surface area contributed by atoms with Gasteiger partial charge < -0.3 is 25.1 Å². The van der Waals surface area contributed by atoms with Crippen molar-refractivity contribution < 1.29 is 14.3 Å². The number of hydrogen-bond donors (Lipinski definition) is 2. The Morgan fingerprint density at radius 1 is 1.19 bits per heavy atom. The van der Waals surface area contributed by atoms with E-state index in [2.05, 4.69) is 24.0 Å². The van der Waals surface area contributed by atoms with Crippen molar-refractivity contribution in [3.63, 3.8) is 0 Å². The van der Waals surface area contributed by atoms with Crippen LogP contribution in [0.2, 0.25) is 0 Å². The average molecular weight is 376 g/mol. The van der Waals surface area contributed by atoms with Crippen molar-refractivity contribution in [3.8, 4) is 5.75 Å². The monoisotopic (exact) mass is 375 g/mol. The van der Waals surface area contributed by atoms with Crippen LogP contribution in [-0.4, -0.2) is 48.8 Å². The van der Waals surface area contributed by atoms with Crippen LogP contribution in [0, 0.1) is 11.8 Å². The Balaban J connectivity index is 2.26. The highest BCUT2D eigenvalue weighted by atomic mass is 16.7. The van der Waals surface area contributed by atoms with Gasteiger partial charge in [0, 0.05) is 29.6 Å². The highest BCUT2D eigenvalue weighted by molar-refractivity contribution is 5.89. The topological polar surface area (TPSA) is 80.6 Å². The largest absolute Gasteiger partial charge is 0.454 e. The van der Waals surface area contributed by atoms with Gasteiger partial charge in [0.2, 0.25) is 6.29 Å². The molecule has 0 aliphatic heterocycles. The van der Waals surface area contributed by atoms with Gasteiger partial charge in [0.15, 0.2) is 0 Å². The first kappa shape index (κ1) is 21.3. The van der Waals surface area contributed by atoms with Crippen LogP contribution in [-0.2, 0) is 16.0 Å². The molecule has 0 saturated heterocycles. The van der Waals surface area contributed by atoms with E-state index < -0.39 is 18.3 Å². The molecule has 1 aromatic carbocycles. The Hall–Kier alpha value is -2.05. The molecule has 6 nitrogen and oxygen atoms in total. The number of aromatic nitrogens is 1. The summed E-state index contributed by atoms with van der Waals surface area (Å²) >= 11 is 0. The molecule has 2 atom stereocenters. The van der Waals surface area contributed by atoms with Crippen molar-refractivity contribution in [2.45, 2.75) is 46.4 Å². The number of carbonyl (C=O) groups is 1. The summed E-state index contributed by atoms with van der Waals surface area (Å²) in [5.41, 5.74) is 8.12. The molecule has 0 bridgehead atoms. The Labute approximate surface area is 162 Å². The minimum atomic E-state index is -0.690. The van der Waals surface area contributed by atoms with E-state index in [1.54, 1.807) is 0 Å². The molecular weight excluding hydrogens is 342 g/mol. The summed E-state index contributed by atoms with van der Waals surface area (Å²) in [7, 11) is 4.11. The zero-order chi connectivity index (χ0) is 20.1. The van der Waals surface area contributed by atoms with Crippen molar-refractivity contribution >= 4 is 16.9 Å². The molecule has 2 aromatic rings. The van der Waals surface area contributed by atoms with Gasteiger partial charge in [0.05, 0.1) is 0 Å². The molecule has 0 spiro atoms. The van der Waals surface area contributed by atoms with Gasteiger partial charge in [0.25, 0.3) is 0 Å². The van der Waals surface area contributed by atoms with Crippen LogP contribution in [0.1, 0.15) is 33.3 Å². The van der Waals surface area contributed by atoms with Crippen LogP contribution in [0.4, 0.5) is 0 Å². The zero-order valence-corrected chi connectivity index (χ0v) is 17.3. The van der Waals surface area contributed by atoms with Gasteiger partial charge in [0.1, 0.15) is 11.8 Å². The number of hydrogen-bond acceptors (Lipinski definition) is 5. The number of fused-ring (bicyclic) bond motifs is 1. The number of likely N-dealkylation sites (N-methyl/N-ethyl adjacent to an activating group) is 1. The molecule has 3 N–H and O–H groups in total. The number of esters is 1. The summed E-state index contributed by atoms with van der Waals surface area (Å²) in [6, 6.07) is 5.21. The summed E-state index contributed by atoms with van der Waals surface area (Å²) in [5.74, 6) is 0.286. The van der Waals surface area contributed by atoms with Crippen molar-refractivity contribution in [2.75, 3.05) is 20.6 Å². The molecule has 1 aromatic heterocycles. The molecule has 0 radical (unpaired) electrons. The quantitative estimate of drug-likeness (QED) is 0.520. The average Bonchev–Trinajstić information content (AvgIpc) is 3.02. The van der Waals surface area contributed by atoms with Gasteiger partial charge in [-0.3, -0.25) is 4.79 Å². The molecule has 0 aliphatic rings. The van der Waals surface area contributed by atoms with E-state index >= 15 is 0 Å². The fraction of sp³-hybridized carbons (Fsp3) is 0.571. The minimum absolute atomic E-state index is 0.00673. The van der Waals surface area contributed by atoms with Gasteiger partial charge in [-0.05, 0) is 44.1 Å². The third-order valence-electron chi connectivity index (χ3n) is 4.59. The number of H-pyrrole nitrogens is 1. The van der Waals surface area contributed by atoms with Crippen molar-refractivity contribution in [1.29, 1.82) is 0 Å². The minimum Gasteiger partial charge on any atom is -0.454 e. The standard InChI is InChI=1S/C21H33N3O3/c1-13(2)19(22)20(25)27-21(14(3)4)26-17-9-7-8-16-18(17)15(12-23-16)10-11-24(5)6/h7-9,12-14,19,21,23H,10-11,22H2,1-6H3/t19-,21?/m0/s1. The predicted octanol–water partition coefficient (Wildman–Crippen LogP) is 3.16. The molecular formula is C21H33N3O3. The number of nitrogens with one attached hydrogen (secondary N) is 1. The van der Waals surface area contributed by atoms with Crippen molar-refractivity contribution in [2.24, 2.45) is 17.6 Å². The summed E-state index contributed by atoms with van der Waals surface area (Å²) in [5, 5.41) is 1.04. The third-order valence-corrected chi connectivity index (χ3v) is 4.59. The number of aromatic amines is 1. The van der Waals surface area contributed by atoms with Gasteiger partial charge in [-0.25, -0.2) is 0 Å². The summed E-state index contributed by atoms with van der Waals surface area (Å²) in [4.78, 5) is 17.8. The van der Waals surface area contributed by atoms with Crippen molar-refractivity contribution in [1.82, 2.24) is 9.88 Å². The summed E-state index contributed by atoms with van der Waals surface area (Å²) in [6.45, 7) is 8.66. The number of ether oxygens (including phenoxy) is 2. The molecule has 1 unspecified atom stereocenters. The summed E-state index contributed by atoms with van der Waals surface area (Å²) < 4.78 is 11.8. The third kappa shape index (κ3) is 5.47. The SMILES string of the molecule is CC(C)C(OC(=O)[C@@H](N)C(C)C)Oc1cccc2[nH]cc(CCN(C)C)c12. The number of nitrogens with zero attached hydrogens (tertiary/aromatic N) is 1. The lowest BCUT2D eigenvalue weighted by Gasteiger charge is -2.25. The molecule has 0 saturated carbocycles. The molecule has 150 valence electrons. The molecule has 0 fully saturated rings. The fourth-order valence-corrected chi connectivity index (χ4v) is 2.75. The lowest BCUT2D eigenvalue weighted by atomic mass is 10.1. The molecule has 0 aliphatic carbocycles. The molecule has 2 rings (SSSR count).